The summed E-state index contributed by atoms with van der Waals surface area (Å²) < 4.78 is 27.6. The third kappa shape index (κ3) is 3.53. The predicted molar refractivity (Wildman–Crippen MR) is 61.4 cm³/mol. The molecule has 3 nitrogen and oxygen atoms in total. The molecule has 0 atom stereocenters. The van der Waals surface area contributed by atoms with E-state index in [0.29, 0.717) is 4.90 Å². The van der Waals surface area contributed by atoms with Gasteiger partial charge in [-0.15, -0.1) is 0 Å². The first-order valence-corrected chi connectivity index (χ1v) is 13.7. The molecule has 0 aliphatic heterocycles. The van der Waals surface area contributed by atoms with Gasteiger partial charge in [0.2, 0.25) is 0 Å². The van der Waals surface area contributed by atoms with Crippen molar-refractivity contribution in [2.75, 3.05) is 0 Å². The first-order valence-electron chi connectivity index (χ1n) is 5.60. The second kappa shape index (κ2) is 6.12. The first-order chi connectivity index (χ1) is 7.51. The zero-order chi connectivity index (χ0) is 12.2. The van der Waals surface area contributed by atoms with Crippen LogP contribution in [0.3, 0.4) is 0 Å². The van der Waals surface area contributed by atoms with Crippen LogP contribution in [0.5, 0.6) is 0 Å². The second-order valence-corrected chi connectivity index (χ2v) is 14.8. The third-order valence-corrected chi connectivity index (χ3v) is 12.8. The Morgan fingerprint density at radius 3 is 2.56 bits per heavy atom. The molecular formula is C11H17HgNO2S. The van der Waals surface area contributed by atoms with Gasteiger partial charge in [0.25, 0.3) is 0 Å². The summed E-state index contributed by atoms with van der Waals surface area (Å²) in [5.74, 6) is 0. The van der Waals surface area contributed by atoms with Crippen molar-refractivity contribution in [3.8, 4) is 0 Å². The van der Waals surface area contributed by atoms with Gasteiger partial charge in [0.1, 0.15) is 0 Å². The molecule has 0 saturated carbocycles. The molecule has 0 spiro atoms. The molecule has 0 radical (unpaired) electrons. The number of benzene rings is 1. The summed E-state index contributed by atoms with van der Waals surface area (Å²) in [7, 11) is -3.22. The molecule has 1 aromatic rings. The SMILES string of the molecule is C[CH2][Hg][NH]S(=O)(=O)c1ccc(C)c(CC)c1. The van der Waals surface area contributed by atoms with Crippen LogP contribution in [0.15, 0.2) is 23.1 Å². The van der Waals surface area contributed by atoms with E-state index < -0.39 is 34.9 Å². The van der Waals surface area contributed by atoms with Gasteiger partial charge in [-0.1, -0.05) is 0 Å². The van der Waals surface area contributed by atoms with Crippen LogP contribution in [0.4, 0.5) is 0 Å². The van der Waals surface area contributed by atoms with Crippen molar-refractivity contribution < 1.29 is 33.3 Å². The van der Waals surface area contributed by atoms with E-state index in [0.717, 1.165) is 21.5 Å². The molecule has 0 heterocycles. The van der Waals surface area contributed by atoms with Gasteiger partial charge in [0, 0.05) is 0 Å². The molecular weight excluding hydrogens is 411 g/mol. The van der Waals surface area contributed by atoms with E-state index in [2.05, 4.69) is 2.49 Å². The van der Waals surface area contributed by atoms with E-state index in [1.807, 2.05) is 26.8 Å². The molecule has 0 aliphatic rings. The van der Waals surface area contributed by atoms with Gasteiger partial charge in [-0.3, -0.25) is 0 Å². The van der Waals surface area contributed by atoms with Crippen LogP contribution < -0.4 is 2.49 Å². The normalized spacial score (nSPS) is 11.2. The topological polar surface area (TPSA) is 46.2 Å². The van der Waals surface area contributed by atoms with Crippen LogP contribution in [-0.4, -0.2) is 8.42 Å². The molecule has 0 aromatic heterocycles. The Morgan fingerprint density at radius 2 is 2.00 bits per heavy atom. The fourth-order valence-corrected chi connectivity index (χ4v) is 10.2. The maximum absolute atomic E-state index is 11.9. The summed E-state index contributed by atoms with van der Waals surface area (Å²) in [5.41, 5.74) is 2.26. The van der Waals surface area contributed by atoms with Crippen molar-refractivity contribution >= 4 is 10.0 Å². The Bertz CT molecular complexity index is 457. The fraction of sp³-hybridized carbons (Fsp3) is 0.455. The number of nitrogens with one attached hydrogen (secondary N) is 1. The Labute approximate surface area is 111 Å². The first kappa shape index (κ1) is 14.1. The third-order valence-electron chi connectivity index (χ3n) is 2.55. The average Bonchev–Trinajstić information content (AvgIpc) is 2.27. The number of hydrogen-bond donors (Lipinski definition) is 1. The molecule has 0 amide bonds. The molecule has 0 saturated heterocycles. The molecule has 1 rings (SSSR count). The van der Waals surface area contributed by atoms with Crippen molar-refractivity contribution in [1.29, 1.82) is 0 Å². The van der Waals surface area contributed by atoms with Gasteiger partial charge in [-0.2, -0.15) is 0 Å². The number of hydrogen-bond acceptors (Lipinski definition) is 2. The maximum atomic E-state index is 11.9. The van der Waals surface area contributed by atoms with E-state index in [1.54, 1.807) is 12.1 Å². The summed E-state index contributed by atoms with van der Waals surface area (Å²) in [4.78, 5) is 0.420. The quantitative estimate of drug-likeness (QED) is 0.733. The molecule has 1 N–H and O–H groups in total. The van der Waals surface area contributed by atoms with Gasteiger partial charge >= 0.3 is 111 Å². The Hall–Kier alpha value is 0.0651. The van der Waals surface area contributed by atoms with Gasteiger partial charge < -0.3 is 0 Å². The summed E-state index contributed by atoms with van der Waals surface area (Å²) in [6.07, 6.45) is 0.868. The standard InChI is InChI=1S/C9H12NO2S.C2H5.Hg/c1-3-8-6-9(13(10,11)12)5-4-7(8)2;1-2;/h4-6H,3H2,1-2H3,(H-,10,11,12);1H2,2H3;/q-1;;+1. The Kier molecular flexibility index (Phi) is 5.40. The molecule has 0 bridgehead atoms. The van der Waals surface area contributed by atoms with E-state index >= 15 is 0 Å². The summed E-state index contributed by atoms with van der Waals surface area (Å²) in [5, 5.41) is 0. The number of sulfonamides is 1. The number of aryl methyl sites for hydroxylation is 2. The van der Waals surface area contributed by atoms with Crippen LogP contribution in [0.2, 0.25) is 3.93 Å². The molecule has 5 heteroatoms. The zero-order valence-electron chi connectivity index (χ0n) is 10.1. The van der Waals surface area contributed by atoms with Crippen molar-refractivity contribution in [2.24, 2.45) is 0 Å². The summed E-state index contributed by atoms with van der Waals surface area (Å²) >= 11 is -1.40. The Balaban J connectivity index is 3.04. The zero-order valence-corrected chi connectivity index (χ0v) is 16.4. The minimum absolute atomic E-state index is 0.420. The molecule has 0 fully saturated rings. The van der Waals surface area contributed by atoms with Gasteiger partial charge in [-0.05, 0) is 0 Å². The van der Waals surface area contributed by atoms with Crippen LogP contribution in [0.1, 0.15) is 25.0 Å². The van der Waals surface area contributed by atoms with Crippen LogP contribution in [0, 0.1) is 6.92 Å². The minimum atomic E-state index is -3.22. The Morgan fingerprint density at radius 1 is 1.31 bits per heavy atom. The van der Waals surface area contributed by atoms with Gasteiger partial charge in [-0.25, -0.2) is 0 Å². The molecule has 0 aliphatic carbocycles. The molecule has 0 unspecified atom stereocenters. The number of rotatable bonds is 5. The summed E-state index contributed by atoms with van der Waals surface area (Å²) in [6.45, 7) is 6.09. The van der Waals surface area contributed by atoms with E-state index in [-0.39, 0.29) is 0 Å². The summed E-state index contributed by atoms with van der Waals surface area (Å²) in [6, 6.07) is 5.37. The van der Waals surface area contributed by atoms with Crippen molar-refractivity contribution in [2.45, 2.75) is 36.0 Å². The molecule has 16 heavy (non-hydrogen) atoms. The van der Waals surface area contributed by atoms with Gasteiger partial charge in [0.15, 0.2) is 0 Å². The van der Waals surface area contributed by atoms with Crippen molar-refractivity contribution in [1.82, 2.24) is 2.49 Å². The molecule has 86 valence electrons. The van der Waals surface area contributed by atoms with E-state index in [4.69, 9.17) is 0 Å². The second-order valence-electron chi connectivity index (χ2n) is 3.84. The van der Waals surface area contributed by atoms with E-state index in [1.165, 1.54) is 0 Å². The van der Waals surface area contributed by atoms with Gasteiger partial charge in [0.05, 0.1) is 0 Å². The average molecular weight is 428 g/mol. The van der Waals surface area contributed by atoms with Crippen molar-refractivity contribution in [3.05, 3.63) is 29.3 Å². The van der Waals surface area contributed by atoms with Crippen LogP contribution in [-0.2, 0) is 41.3 Å². The van der Waals surface area contributed by atoms with E-state index in [9.17, 15) is 8.42 Å². The fourth-order valence-electron chi connectivity index (χ4n) is 1.52. The van der Waals surface area contributed by atoms with Crippen LogP contribution >= 0.6 is 0 Å². The molecule has 1 aromatic carbocycles. The van der Waals surface area contributed by atoms with Crippen LogP contribution in [0.25, 0.3) is 0 Å². The van der Waals surface area contributed by atoms with Crippen molar-refractivity contribution in [3.63, 3.8) is 0 Å². The predicted octanol–water partition coefficient (Wildman–Crippen LogP) is 2.27. The monoisotopic (exact) mass is 429 g/mol.